The average Bonchev–Trinajstić information content (AvgIpc) is 2.92. The Morgan fingerprint density at radius 1 is 1.28 bits per heavy atom. The molecule has 0 bridgehead atoms. The van der Waals surface area contributed by atoms with E-state index in [0.717, 1.165) is 28.8 Å². The Hall–Kier alpha value is -1.68. The molecule has 0 aliphatic rings. The van der Waals surface area contributed by atoms with Gasteiger partial charge in [0, 0.05) is 11.2 Å². The third-order valence-electron chi connectivity index (χ3n) is 2.91. The van der Waals surface area contributed by atoms with Crippen molar-refractivity contribution in [1.82, 2.24) is 4.90 Å². The van der Waals surface area contributed by atoms with Gasteiger partial charge in [0.25, 0.3) is 10.1 Å². The zero-order valence-corrected chi connectivity index (χ0v) is 16.3. The molecule has 1 aromatic heterocycles. The van der Waals surface area contributed by atoms with Crippen LogP contribution in [0, 0.1) is 0 Å². The molecule has 9 heteroatoms. The van der Waals surface area contributed by atoms with Crippen molar-refractivity contribution in [2.75, 3.05) is 40.6 Å². The minimum Gasteiger partial charge on any atom is -0.497 e. The SMILES string of the molecule is COc1ccc2cc(C(=O)OCCCN(C)C)sc2c1.CS(=O)(=O)O. The fraction of sp³-hybridized carbons (Fsp3) is 0.438. The largest absolute Gasteiger partial charge is 0.497 e. The van der Waals surface area contributed by atoms with E-state index in [1.54, 1.807) is 7.11 Å². The highest BCUT2D eigenvalue weighted by molar-refractivity contribution is 7.85. The molecule has 0 spiro atoms. The van der Waals surface area contributed by atoms with Crippen LogP contribution in [0.15, 0.2) is 24.3 Å². The molecule has 2 aromatic rings. The lowest BCUT2D eigenvalue weighted by Crippen LogP contribution is -2.16. The van der Waals surface area contributed by atoms with Crippen molar-refractivity contribution < 1.29 is 27.2 Å². The summed E-state index contributed by atoms with van der Waals surface area (Å²) in [5, 5.41) is 1.04. The Balaban J connectivity index is 0.000000550. The van der Waals surface area contributed by atoms with Crippen molar-refractivity contribution in [3.63, 3.8) is 0 Å². The number of carbonyl (C=O) groups excluding carboxylic acids is 1. The summed E-state index contributed by atoms with van der Waals surface area (Å²) in [6.07, 6.45) is 1.56. The number of nitrogens with zero attached hydrogens (tertiary/aromatic N) is 1. The van der Waals surface area contributed by atoms with Gasteiger partial charge in [-0.15, -0.1) is 11.3 Å². The first kappa shape index (κ1) is 21.4. The van der Waals surface area contributed by atoms with Crippen LogP contribution in [0.4, 0.5) is 0 Å². The van der Waals surface area contributed by atoms with Crippen LogP contribution >= 0.6 is 11.3 Å². The third-order valence-corrected chi connectivity index (χ3v) is 3.99. The van der Waals surface area contributed by atoms with Gasteiger partial charge in [0.05, 0.1) is 20.0 Å². The fourth-order valence-corrected chi connectivity index (χ4v) is 2.84. The second-order valence-corrected chi connectivity index (χ2v) is 8.09. The molecule has 2 rings (SSSR count). The second kappa shape index (κ2) is 9.71. The van der Waals surface area contributed by atoms with Gasteiger partial charge in [0.2, 0.25) is 0 Å². The van der Waals surface area contributed by atoms with Gasteiger partial charge in [-0.3, -0.25) is 4.55 Å². The number of hydrogen-bond donors (Lipinski definition) is 1. The summed E-state index contributed by atoms with van der Waals surface area (Å²) >= 11 is 1.43. The highest BCUT2D eigenvalue weighted by Crippen LogP contribution is 2.29. The van der Waals surface area contributed by atoms with Gasteiger partial charge in [-0.1, -0.05) is 0 Å². The van der Waals surface area contributed by atoms with E-state index in [9.17, 15) is 13.2 Å². The summed E-state index contributed by atoms with van der Waals surface area (Å²) < 4.78 is 37.4. The van der Waals surface area contributed by atoms with E-state index in [2.05, 4.69) is 4.90 Å². The normalized spacial score (nSPS) is 11.1. The van der Waals surface area contributed by atoms with E-state index < -0.39 is 10.1 Å². The molecule has 0 aliphatic heterocycles. The number of ether oxygens (including phenoxy) is 2. The van der Waals surface area contributed by atoms with Gasteiger partial charge >= 0.3 is 5.97 Å². The molecule has 0 atom stereocenters. The van der Waals surface area contributed by atoms with Crippen LogP contribution in [0.3, 0.4) is 0 Å². The molecule has 7 nitrogen and oxygen atoms in total. The number of esters is 1. The Morgan fingerprint density at radius 3 is 2.48 bits per heavy atom. The maximum atomic E-state index is 12.0. The molecule has 1 aromatic carbocycles. The van der Waals surface area contributed by atoms with Crippen LogP contribution in [-0.2, 0) is 14.9 Å². The molecule has 0 unspecified atom stereocenters. The number of fused-ring (bicyclic) bond motifs is 1. The van der Waals surface area contributed by atoms with Crippen molar-refractivity contribution in [3.8, 4) is 5.75 Å². The molecule has 0 fully saturated rings. The van der Waals surface area contributed by atoms with E-state index in [-0.39, 0.29) is 5.97 Å². The number of methoxy groups -OCH3 is 1. The first-order valence-corrected chi connectivity index (χ1v) is 10.1. The maximum absolute atomic E-state index is 12.0. The quantitative estimate of drug-likeness (QED) is 0.461. The predicted molar refractivity (Wildman–Crippen MR) is 99.3 cm³/mol. The molecular formula is C16H23NO6S2. The summed E-state index contributed by atoms with van der Waals surface area (Å²) in [6, 6.07) is 7.64. The molecule has 1 N–H and O–H groups in total. The van der Waals surface area contributed by atoms with Crippen LogP contribution < -0.4 is 4.74 Å². The Labute approximate surface area is 151 Å². The summed E-state index contributed by atoms with van der Waals surface area (Å²) in [5.41, 5.74) is 0. The summed E-state index contributed by atoms with van der Waals surface area (Å²) in [6.45, 7) is 1.37. The van der Waals surface area contributed by atoms with Crippen molar-refractivity contribution >= 4 is 37.5 Å². The zero-order valence-electron chi connectivity index (χ0n) is 14.7. The predicted octanol–water partition coefficient (Wildman–Crippen LogP) is 2.52. The molecule has 0 amide bonds. The third kappa shape index (κ3) is 8.82. The highest BCUT2D eigenvalue weighted by atomic mass is 32.2. The van der Waals surface area contributed by atoms with Gasteiger partial charge in [-0.05, 0) is 50.2 Å². The first-order chi connectivity index (χ1) is 11.6. The number of thiophene rings is 1. The van der Waals surface area contributed by atoms with Gasteiger partial charge in [0.1, 0.15) is 10.6 Å². The molecule has 140 valence electrons. The van der Waals surface area contributed by atoms with Crippen LogP contribution in [0.25, 0.3) is 10.1 Å². The van der Waals surface area contributed by atoms with E-state index in [4.69, 9.17) is 14.0 Å². The lowest BCUT2D eigenvalue weighted by molar-refractivity contribution is 0.0499. The maximum Gasteiger partial charge on any atom is 0.348 e. The van der Waals surface area contributed by atoms with Crippen LogP contribution in [0.2, 0.25) is 0 Å². The summed E-state index contributed by atoms with van der Waals surface area (Å²) in [5.74, 6) is 0.550. The molecule has 0 radical (unpaired) electrons. The Kier molecular flexibility index (Phi) is 8.30. The topological polar surface area (TPSA) is 93.1 Å². The monoisotopic (exact) mass is 389 g/mol. The van der Waals surface area contributed by atoms with Gasteiger partial charge < -0.3 is 14.4 Å². The van der Waals surface area contributed by atoms with E-state index in [0.29, 0.717) is 17.7 Å². The number of benzene rings is 1. The lowest BCUT2D eigenvalue weighted by Gasteiger charge is -2.08. The molecular weight excluding hydrogens is 366 g/mol. The number of rotatable bonds is 6. The second-order valence-electron chi connectivity index (χ2n) is 5.54. The lowest BCUT2D eigenvalue weighted by atomic mass is 10.2. The smallest absolute Gasteiger partial charge is 0.348 e. The highest BCUT2D eigenvalue weighted by Gasteiger charge is 2.12. The van der Waals surface area contributed by atoms with Crippen molar-refractivity contribution in [1.29, 1.82) is 0 Å². The fourth-order valence-electron chi connectivity index (χ4n) is 1.86. The molecule has 0 saturated heterocycles. The number of carbonyl (C=O) groups is 1. The average molecular weight is 389 g/mol. The minimum absolute atomic E-state index is 0.246. The standard InChI is InChI=1S/C15H19NO3S.CH4O3S/c1-16(2)7-4-8-19-15(17)14-9-11-5-6-12(18-3)10-13(11)20-14;1-5(2,3)4/h5-6,9-10H,4,7-8H2,1-3H3;1H3,(H,2,3,4). The van der Waals surface area contributed by atoms with E-state index in [1.165, 1.54) is 11.3 Å². The van der Waals surface area contributed by atoms with Gasteiger partial charge in [-0.2, -0.15) is 8.42 Å². The van der Waals surface area contributed by atoms with E-state index in [1.807, 2.05) is 38.4 Å². The minimum atomic E-state index is -3.67. The zero-order chi connectivity index (χ0) is 19.0. The van der Waals surface area contributed by atoms with Gasteiger partial charge in [-0.25, -0.2) is 4.79 Å². The van der Waals surface area contributed by atoms with E-state index >= 15 is 0 Å². The summed E-state index contributed by atoms with van der Waals surface area (Å²) in [4.78, 5) is 14.7. The van der Waals surface area contributed by atoms with Gasteiger partial charge in [0.15, 0.2) is 0 Å². The molecule has 0 aliphatic carbocycles. The van der Waals surface area contributed by atoms with Crippen molar-refractivity contribution in [2.24, 2.45) is 0 Å². The molecule has 25 heavy (non-hydrogen) atoms. The van der Waals surface area contributed by atoms with Crippen LogP contribution in [0.1, 0.15) is 16.1 Å². The van der Waals surface area contributed by atoms with Crippen LogP contribution in [-0.4, -0.2) is 64.5 Å². The molecule has 1 heterocycles. The number of hydrogen-bond acceptors (Lipinski definition) is 7. The van der Waals surface area contributed by atoms with Crippen LogP contribution in [0.5, 0.6) is 5.75 Å². The van der Waals surface area contributed by atoms with Crippen molar-refractivity contribution in [2.45, 2.75) is 6.42 Å². The summed E-state index contributed by atoms with van der Waals surface area (Å²) in [7, 11) is 1.97. The molecule has 0 saturated carbocycles. The Bertz CT molecular complexity index is 790. The van der Waals surface area contributed by atoms with Crippen molar-refractivity contribution in [3.05, 3.63) is 29.1 Å². The Morgan fingerprint density at radius 2 is 1.92 bits per heavy atom. The first-order valence-electron chi connectivity index (χ1n) is 7.42.